The average Bonchev–Trinajstić information content (AvgIpc) is 2.22. The molecule has 2 N–H and O–H groups in total. The third-order valence-corrected chi connectivity index (χ3v) is 4.15. The molecule has 0 fully saturated rings. The quantitative estimate of drug-likeness (QED) is 0.600. The predicted octanol–water partition coefficient (Wildman–Crippen LogP) is 2.52. The lowest BCUT2D eigenvalue weighted by Gasteiger charge is -2.26. The number of nitrogens with one attached hydrogen (secondary N) is 1. The second-order valence-electron chi connectivity index (χ2n) is 4.89. The van der Waals surface area contributed by atoms with Gasteiger partial charge in [-0.1, -0.05) is 20.3 Å². The Morgan fingerprint density at radius 2 is 2.00 bits per heavy atom. The van der Waals surface area contributed by atoms with Crippen molar-refractivity contribution in [2.24, 2.45) is 5.92 Å². The fourth-order valence-electron chi connectivity index (χ4n) is 1.32. The fraction of sp³-hybridized carbons (Fsp3) is 1.00. The zero-order valence-corrected chi connectivity index (χ0v) is 11.5. The summed E-state index contributed by atoms with van der Waals surface area (Å²) in [6.07, 6.45) is 3.51. The van der Waals surface area contributed by atoms with Gasteiger partial charge in [-0.3, -0.25) is 0 Å². The molecule has 2 nitrogen and oxygen atoms in total. The zero-order chi connectivity index (χ0) is 11.7. The molecule has 0 aromatic rings. The molecule has 0 bridgehead atoms. The van der Waals surface area contributed by atoms with Gasteiger partial charge in [0.05, 0.1) is 6.61 Å². The number of rotatable bonds is 9. The summed E-state index contributed by atoms with van der Waals surface area (Å²) in [4.78, 5) is 0. The number of unbranched alkanes of at least 4 members (excludes halogenated alkanes) is 1. The summed E-state index contributed by atoms with van der Waals surface area (Å²) in [7, 11) is 1.92. The third kappa shape index (κ3) is 8.12. The summed E-state index contributed by atoms with van der Waals surface area (Å²) < 4.78 is 0. The molecule has 0 aromatic carbocycles. The van der Waals surface area contributed by atoms with Gasteiger partial charge >= 0.3 is 0 Å². The summed E-state index contributed by atoms with van der Waals surface area (Å²) in [5.74, 6) is 3.32. The van der Waals surface area contributed by atoms with Crippen molar-refractivity contribution < 1.29 is 5.11 Å². The number of likely N-dealkylation sites (N-methyl/N-ethyl adjacent to an activating group) is 1. The van der Waals surface area contributed by atoms with Crippen LogP contribution in [0.1, 0.15) is 40.0 Å². The maximum absolute atomic E-state index is 9.19. The number of aliphatic hydroxyl groups excluding tert-OH is 1. The van der Waals surface area contributed by atoms with E-state index in [0.717, 1.165) is 12.3 Å². The lowest BCUT2D eigenvalue weighted by molar-refractivity contribution is 0.171. The van der Waals surface area contributed by atoms with Gasteiger partial charge in [0.25, 0.3) is 0 Å². The normalized spacial score (nSPS) is 15.6. The van der Waals surface area contributed by atoms with Crippen molar-refractivity contribution in [2.75, 3.05) is 25.2 Å². The first-order chi connectivity index (χ1) is 7.04. The van der Waals surface area contributed by atoms with E-state index in [9.17, 15) is 5.11 Å². The zero-order valence-electron chi connectivity index (χ0n) is 10.7. The minimum atomic E-state index is -0.0806. The first-order valence-electron chi connectivity index (χ1n) is 5.91. The Morgan fingerprint density at radius 1 is 1.33 bits per heavy atom. The van der Waals surface area contributed by atoms with Gasteiger partial charge in [-0.2, -0.15) is 11.8 Å². The van der Waals surface area contributed by atoms with Gasteiger partial charge in [0.1, 0.15) is 0 Å². The number of hydrogen-bond donors (Lipinski definition) is 2. The molecule has 0 aromatic heterocycles. The number of aliphatic hydroxyl groups is 1. The SMILES string of the molecule is CNC(C)(CO)CCCCSCC(C)C. The Morgan fingerprint density at radius 3 is 2.47 bits per heavy atom. The molecule has 1 atom stereocenters. The molecule has 0 amide bonds. The van der Waals surface area contributed by atoms with Gasteiger partial charge in [0.2, 0.25) is 0 Å². The molecule has 0 rings (SSSR count). The highest BCUT2D eigenvalue weighted by Gasteiger charge is 2.19. The second-order valence-corrected chi connectivity index (χ2v) is 6.04. The molecule has 3 heteroatoms. The lowest BCUT2D eigenvalue weighted by Crippen LogP contribution is -2.43. The molecule has 0 spiro atoms. The maximum atomic E-state index is 9.19. The van der Waals surface area contributed by atoms with E-state index in [1.165, 1.54) is 24.3 Å². The first-order valence-corrected chi connectivity index (χ1v) is 7.07. The monoisotopic (exact) mass is 233 g/mol. The van der Waals surface area contributed by atoms with Crippen molar-refractivity contribution in [3.05, 3.63) is 0 Å². The lowest BCUT2D eigenvalue weighted by atomic mass is 9.96. The minimum Gasteiger partial charge on any atom is -0.394 e. The Labute approximate surface area is 99.2 Å². The van der Waals surface area contributed by atoms with E-state index in [-0.39, 0.29) is 12.1 Å². The highest BCUT2D eigenvalue weighted by atomic mass is 32.2. The molecule has 1 unspecified atom stereocenters. The molecule has 0 saturated carbocycles. The van der Waals surface area contributed by atoms with Gasteiger partial charge in [0.15, 0.2) is 0 Å². The molecule has 0 aliphatic heterocycles. The van der Waals surface area contributed by atoms with E-state index >= 15 is 0 Å². The van der Waals surface area contributed by atoms with Crippen LogP contribution in [0, 0.1) is 5.92 Å². The standard InChI is InChI=1S/C12H27NOS/c1-11(2)9-15-8-6-5-7-12(3,10-14)13-4/h11,13-14H,5-10H2,1-4H3. The van der Waals surface area contributed by atoms with Crippen LogP contribution in [0.4, 0.5) is 0 Å². The van der Waals surface area contributed by atoms with Gasteiger partial charge < -0.3 is 10.4 Å². The average molecular weight is 233 g/mol. The second kappa shape index (κ2) is 8.43. The molecule has 0 aliphatic carbocycles. The molecule has 0 radical (unpaired) electrons. The predicted molar refractivity (Wildman–Crippen MR) is 70.6 cm³/mol. The Hall–Kier alpha value is 0.270. The van der Waals surface area contributed by atoms with Gasteiger partial charge in [0, 0.05) is 5.54 Å². The minimum absolute atomic E-state index is 0.0806. The molecule has 92 valence electrons. The van der Waals surface area contributed by atoms with Crippen molar-refractivity contribution in [2.45, 2.75) is 45.6 Å². The van der Waals surface area contributed by atoms with E-state index in [4.69, 9.17) is 0 Å². The first kappa shape index (κ1) is 15.3. The summed E-state index contributed by atoms with van der Waals surface area (Å²) in [5, 5.41) is 12.4. The van der Waals surface area contributed by atoms with Crippen LogP contribution in [0.15, 0.2) is 0 Å². The van der Waals surface area contributed by atoms with Gasteiger partial charge in [-0.05, 0) is 44.2 Å². The highest BCUT2D eigenvalue weighted by molar-refractivity contribution is 7.99. The third-order valence-electron chi connectivity index (χ3n) is 2.67. The van der Waals surface area contributed by atoms with Crippen molar-refractivity contribution >= 4 is 11.8 Å². The van der Waals surface area contributed by atoms with Gasteiger partial charge in [-0.25, -0.2) is 0 Å². The van der Waals surface area contributed by atoms with Crippen molar-refractivity contribution in [3.63, 3.8) is 0 Å². The highest BCUT2D eigenvalue weighted by Crippen LogP contribution is 2.15. The van der Waals surface area contributed by atoms with Crippen molar-refractivity contribution in [1.29, 1.82) is 0 Å². The summed E-state index contributed by atoms with van der Waals surface area (Å²) in [6.45, 7) is 6.82. The Balaban J connectivity index is 3.37. The Kier molecular flexibility index (Phi) is 8.58. The summed E-state index contributed by atoms with van der Waals surface area (Å²) in [5.41, 5.74) is -0.0806. The molecular weight excluding hydrogens is 206 g/mol. The maximum Gasteiger partial charge on any atom is 0.0610 e. The van der Waals surface area contributed by atoms with Crippen LogP contribution in [0.5, 0.6) is 0 Å². The number of hydrogen-bond acceptors (Lipinski definition) is 3. The van der Waals surface area contributed by atoms with Crippen LogP contribution in [-0.2, 0) is 0 Å². The molecule has 0 aliphatic rings. The van der Waals surface area contributed by atoms with E-state index in [0.29, 0.717) is 0 Å². The fourth-order valence-corrected chi connectivity index (χ4v) is 2.37. The van der Waals surface area contributed by atoms with E-state index in [2.05, 4.69) is 26.1 Å². The van der Waals surface area contributed by atoms with Crippen LogP contribution in [-0.4, -0.2) is 35.8 Å². The van der Waals surface area contributed by atoms with Crippen molar-refractivity contribution in [3.8, 4) is 0 Å². The van der Waals surface area contributed by atoms with E-state index in [1.54, 1.807) is 0 Å². The molecular formula is C12H27NOS. The van der Waals surface area contributed by atoms with Crippen molar-refractivity contribution in [1.82, 2.24) is 5.32 Å². The van der Waals surface area contributed by atoms with E-state index < -0.39 is 0 Å². The van der Waals surface area contributed by atoms with Gasteiger partial charge in [-0.15, -0.1) is 0 Å². The van der Waals surface area contributed by atoms with Crippen LogP contribution in [0.3, 0.4) is 0 Å². The molecule has 15 heavy (non-hydrogen) atoms. The molecule has 0 saturated heterocycles. The van der Waals surface area contributed by atoms with Crippen LogP contribution in [0.2, 0.25) is 0 Å². The van der Waals surface area contributed by atoms with Crippen LogP contribution in [0.25, 0.3) is 0 Å². The van der Waals surface area contributed by atoms with Crippen LogP contribution < -0.4 is 5.32 Å². The smallest absolute Gasteiger partial charge is 0.0610 e. The Bertz CT molecular complexity index is 147. The van der Waals surface area contributed by atoms with E-state index in [1.807, 2.05) is 18.8 Å². The molecule has 0 heterocycles. The number of thioether (sulfide) groups is 1. The largest absolute Gasteiger partial charge is 0.394 e. The van der Waals surface area contributed by atoms with Crippen LogP contribution >= 0.6 is 11.8 Å². The summed E-state index contributed by atoms with van der Waals surface area (Å²) >= 11 is 2.04. The topological polar surface area (TPSA) is 32.3 Å². The summed E-state index contributed by atoms with van der Waals surface area (Å²) in [6, 6.07) is 0.